The summed E-state index contributed by atoms with van der Waals surface area (Å²) >= 11 is 0. The van der Waals surface area contributed by atoms with Crippen molar-refractivity contribution in [3.05, 3.63) is 82.7 Å². The Labute approximate surface area is 172 Å². The lowest BCUT2D eigenvalue weighted by atomic mass is 10.1. The molecule has 6 nitrogen and oxygen atoms in total. The Morgan fingerprint density at radius 1 is 0.933 bits per heavy atom. The van der Waals surface area contributed by atoms with Crippen LogP contribution in [0.4, 0.5) is 0 Å². The Morgan fingerprint density at radius 3 is 2.40 bits per heavy atom. The summed E-state index contributed by atoms with van der Waals surface area (Å²) in [5, 5.41) is 1.94. The molecular weight excluding hydrogens is 384 g/mol. The van der Waals surface area contributed by atoms with Crippen molar-refractivity contribution in [1.29, 1.82) is 0 Å². The molecule has 1 heterocycles. The standard InChI is InChI=1S/C24H20O6/c1-3-28-24(26)22(15-7-5-4-6-8-15)29-17-10-12-19-18-11-9-16(27-2)13-20(18)23(25)30-21(19)14-17/h4-14,22H,3H2,1-2H3. The van der Waals surface area contributed by atoms with Gasteiger partial charge in [0, 0.05) is 22.4 Å². The molecule has 4 aromatic rings. The lowest BCUT2D eigenvalue weighted by Crippen LogP contribution is -2.21. The van der Waals surface area contributed by atoms with E-state index in [0.29, 0.717) is 28.0 Å². The fourth-order valence-corrected chi connectivity index (χ4v) is 3.33. The van der Waals surface area contributed by atoms with Gasteiger partial charge in [-0.05, 0) is 37.3 Å². The van der Waals surface area contributed by atoms with Gasteiger partial charge in [0.1, 0.15) is 17.1 Å². The molecule has 0 fully saturated rings. The lowest BCUT2D eigenvalue weighted by Gasteiger charge is -2.18. The third kappa shape index (κ3) is 3.72. The van der Waals surface area contributed by atoms with Gasteiger partial charge in [-0.15, -0.1) is 0 Å². The van der Waals surface area contributed by atoms with Gasteiger partial charge < -0.3 is 18.6 Å². The first-order chi connectivity index (χ1) is 14.6. The van der Waals surface area contributed by atoms with E-state index in [1.165, 1.54) is 0 Å². The minimum Gasteiger partial charge on any atom is -0.497 e. The second-order valence-electron chi connectivity index (χ2n) is 6.62. The molecule has 152 valence electrons. The molecule has 0 radical (unpaired) electrons. The molecular formula is C24H20O6. The molecule has 6 heteroatoms. The zero-order valence-corrected chi connectivity index (χ0v) is 16.6. The quantitative estimate of drug-likeness (QED) is 0.265. The minimum absolute atomic E-state index is 0.244. The van der Waals surface area contributed by atoms with Crippen LogP contribution < -0.4 is 15.1 Å². The summed E-state index contributed by atoms with van der Waals surface area (Å²) in [6.45, 7) is 1.98. The maximum atomic E-state index is 12.5. The van der Waals surface area contributed by atoms with Crippen LogP contribution >= 0.6 is 0 Å². The maximum absolute atomic E-state index is 12.5. The highest BCUT2D eigenvalue weighted by atomic mass is 16.6. The van der Waals surface area contributed by atoms with Gasteiger partial charge in [-0.25, -0.2) is 9.59 Å². The smallest absolute Gasteiger partial charge is 0.352 e. The van der Waals surface area contributed by atoms with E-state index in [-0.39, 0.29) is 6.61 Å². The van der Waals surface area contributed by atoms with E-state index >= 15 is 0 Å². The Kier molecular flexibility index (Phi) is 5.39. The third-order valence-electron chi connectivity index (χ3n) is 4.75. The van der Waals surface area contributed by atoms with E-state index in [1.54, 1.807) is 56.5 Å². The van der Waals surface area contributed by atoms with Crippen LogP contribution in [0.25, 0.3) is 21.7 Å². The average molecular weight is 404 g/mol. The summed E-state index contributed by atoms with van der Waals surface area (Å²) in [5.74, 6) is 0.477. The van der Waals surface area contributed by atoms with Crippen molar-refractivity contribution >= 4 is 27.7 Å². The monoisotopic (exact) mass is 404 g/mol. The number of esters is 1. The predicted octanol–water partition coefficient (Wildman–Crippen LogP) is 4.64. The largest absolute Gasteiger partial charge is 0.497 e. The van der Waals surface area contributed by atoms with E-state index in [4.69, 9.17) is 18.6 Å². The summed E-state index contributed by atoms with van der Waals surface area (Å²) in [6, 6.07) is 19.5. The van der Waals surface area contributed by atoms with E-state index in [0.717, 1.165) is 10.8 Å². The van der Waals surface area contributed by atoms with Crippen LogP contribution in [0.1, 0.15) is 18.6 Å². The minimum atomic E-state index is -0.931. The highest BCUT2D eigenvalue weighted by Gasteiger charge is 2.24. The fraction of sp³-hybridized carbons (Fsp3) is 0.167. The Balaban J connectivity index is 1.76. The molecule has 0 bridgehead atoms. The van der Waals surface area contributed by atoms with Gasteiger partial charge in [-0.3, -0.25) is 0 Å². The molecule has 1 atom stereocenters. The molecule has 0 N–H and O–H groups in total. The number of hydrogen-bond acceptors (Lipinski definition) is 6. The molecule has 30 heavy (non-hydrogen) atoms. The average Bonchev–Trinajstić information content (AvgIpc) is 2.78. The summed E-state index contributed by atoms with van der Waals surface area (Å²) in [5.41, 5.74) is 0.562. The van der Waals surface area contributed by atoms with Gasteiger partial charge >= 0.3 is 11.6 Å². The molecule has 0 spiro atoms. The van der Waals surface area contributed by atoms with Crippen molar-refractivity contribution in [2.45, 2.75) is 13.0 Å². The molecule has 0 saturated heterocycles. The topological polar surface area (TPSA) is 75.0 Å². The molecule has 0 aliphatic rings. The van der Waals surface area contributed by atoms with Gasteiger partial charge in [-0.1, -0.05) is 30.3 Å². The number of ether oxygens (including phenoxy) is 3. The first kappa shape index (κ1) is 19.5. The second-order valence-corrected chi connectivity index (χ2v) is 6.62. The van der Waals surface area contributed by atoms with Crippen LogP contribution in [0.5, 0.6) is 11.5 Å². The van der Waals surface area contributed by atoms with Crippen molar-refractivity contribution < 1.29 is 23.4 Å². The van der Waals surface area contributed by atoms with Crippen LogP contribution in [-0.2, 0) is 9.53 Å². The predicted molar refractivity (Wildman–Crippen MR) is 113 cm³/mol. The van der Waals surface area contributed by atoms with Crippen LogP contribution in [0.3, 0.4) is 0 Å². The zero-order chi connectivity index (χ0) is 21.1. The van der Waals surface area contributed by atoms with Gasteiger partial charge in [0.15, 0.2) is 0 Å². The fourth-order valence-electron chi connectivity index (χ4n) is 3.33. The lowest BCUT2D eigenvalue weighted by molar-refractivity contribution is -0.151. The van der Waals surface area contributed by atoms with Crippen molar-refractivity contribution in [2.75, 3.05) is 13.7 Å². The Bertz CT molecular complexity index is 1260. The van der Waals surface area contributed by atoms with Gasteiger partial charge in [0.05, 0.1) is 19.1 Å². The van der Waals surface area contributed by atoms with Crippen molar-refractivity contribution in [3.8, 4) is 11.5 Å². The Hall–Kier alpha value is -3.80. The zero-order valence-electron chi connectivity index (χ0n) is 16.6. The number of carbonyl (C=O) groups excluding carboxylic acids is 1. The van der Waals surface area contributed by atoms with Crippen LogP contribution in [-0.4, -0.2) is 19.7 Å². The number of hydrogen-bond donors (Lipinski definition) is 0. The van der Waals surface area contributed by atoms with Gasteiger partial charge in [0.2, 0.25) is 6.10 Å². The Morgan fingerprint density at radius 2 is 1.67 bits per heavy atom. The highest BCUT2D eigenvalue weighted by molar-refractivity contribution is 6.04. The summed E-state index contributed by atoms with van der Waals surface area (Å²) < 4.78 is 21.8. The van der Waals surface area contributed by atoms with Crippen molar-refractivity contribution in [2.24, 2.45) is 0 Å². The highest BCUT2D eigenvalue weighted by Crippen LogP contribution is 2.30. The third-order valence-corrected chi connectivity index (χ3v) is 4.75. The first-order valence-corrected chi connectivity index (χ1v) is 9.53. The normalized spacial score (nSPS) is 11.9. The molecule has 1 aromatic heterocycles. The van der Waals surface area contributed by atoms with Crippen LogP contribution in [0.15, 0.2) is 75.9 Å². The maximum Gasteiger partial charge on any atom is 0.352 e. The molecule has 0 aliphatic carbocycles. The summed E-state index contributed by atoms with van der Waals surface area (Å²) in [7, 11) is 1.54. The molecule has 0 amide bonds. The SMILES string of the molecule is CCOC(=O)C(Oc1ccc2c(c1)oc(=O)c1cc(OC)ccc12)c1ccccc1. The molecule has 1 unspecified atom stereocenters. The van der Waals surface area contributed by atoms with E-state index in [9.17, 15) is 9.59 Å². The number of fused-ring (bicyclic) bond motifs is 3. The van der Waals surface area contributed by atoms with E-state index in [2.05, 4.69) is 0 Å². The van der Waals surface area contributed by atoms with Gasteiger partial charge in [0.25, 0.3) is 0 Å². The van der Waals surface area contributed by atoms with Crippen molar-refractivity contribution in [1.82, 2.24) is 0 Å². The second kappa shape index (κ2) is 8.29. The summed E-state index contributed by atoms with van der Waals surface area (Å²) in [6.07, 6.45) is -0.931. The molecule has 0 aliphatic heterocycles. The van der Waals surface area contributed by atoms with Crippen LogP contribution in [0, 0.1) is 0 Å². The van der Waals surface area contributed by atoms with Crippen molar-refractivity contribution in [3.63, 3.8) is 0 Å². The first-order valence-electron chi connectivity index (χ1n) is 9.53. The number of carbonyl (C=O) groups is 1. The molecule has 4 rings (SSSR count). The van der Waals surface area contributed by atoms with Gasteiger partial charge in [-0.2, -0.15) is 0 Å². The van der Waals surface area contributed by atoms with E-state index < -0.39 is 17.7 Å². The molecule has 3 aromatic carbocycles. The van der Waals surface area contributed by atoms with Crippen LogP contribution in [0.2, 0.25) is 0 Å². The summed E-state index contributed by atoms with van der Waals surface area (Å²) in [4.78, 5) is 24.9. The number of benzene rings is 3. The molecule has 0 saturated carbocycles. The number of methoxy groups -OCH3 is 1. The number of rotatable bonds is 6. The van der Waals surface area contributed by atoms with E-state index in [1.807, 2.05) is 24.3 Å².